The summed E-state index contributed by atoms with van der Waals surface area (Å²) in [6.45, 7) is 6.22. The summed E-state index contributed by atoms with van der Waals surface area (Å²) in [6, 6.07) is 16.7. The molecule has 3 atom stereocenters. The zero-order valence-electron chi connectivity index (χ0n) is 20.2. The molecule has 1 saturated heterocycles. The number of carbonyl (C=O) groups excluding carboxylic acids is 3. The molecule has 1 aliphatic rings. The molecule has 3 unspecified atom stereocenters. The van der Waals surface area contributed by atoms with Crippen molar-refractivity contribution < 1.29 is 23.9 Å². The van der Waals surface area contributed by atoms with Crippen LogP contribution in [-0.4, -0.2) is 54.5 Å². The van der Waals surface area contributed by atoms with Crippen molar-refractivity contribution in [1.82, 2.24) is 10.2 Å². The highest BCUT2D eigenvalue weighted by Crippen LogP contribution is 2.23. The molecule has 7 nitrogen and oxygen atoms in total. The van der Waals surface area contributed by atoms with Gasteiger partial charge in [-0.05, 0) is 68.9 Å². The lowest BCUT2D eigenvalue weighted by atomic mass is 9.97. The number of hydrogen-bond acceptors (Lipinski definition) is 5. The Morgan fingerprint density at radius 3 is 2.26 bits per heavy atom. The van der Waals surface area contributed by atoms with E-state index < -0.39 is 5.97 Å². The molecule has 1 fully saturated rings. The van der Waals surface area contributed by atoms with Gasteiger partial charge in [0, 0.05) is 18.6 Å². The summed E-state index contributed by atoms with van der Waals surface area (Å²) in [6.07, 6.45) is 3.16. The zero-order valence-corrected chi connectivity index (χ0v) is 20.2. The predicted octanol–water partition coefficient (Wildman–Crippen LogP) is 3.93. The summed E-state index contributed by atoms with van der Waals surface area (Å²) in [4.78, 5) is 38.8. The highest BCUT2D eigenvalue weighted by atomic mass is 16.5. The van der Waals surface area contributed by atoms with Crippen molar-refractivity contribution in [1.29, 1.82) is 0 Å². The summed E-state index contributed by atoms with van der Waals surface area (Å²) in [7, 11) is 0. The van der Waals surface area contributed by atoms with Crippen LogP contribution in [-0.2, 0) is 14.3 Å². The first-order chi connectivity index (χ1) is 16.3. The van der Waals surface area contributed by atoms with Crippen molar-refractivity contribution in [2.24, 2.45) is 0 Å². The van der Waals surface area contributed by atoms with E-state index in [0.29, 0.717) is 17.9 Å². The summed E-state index contributed by atoms with van der Waals surface area (Å²) in [5, 5.41) is 2.79. The maximum absolute atomic E-state index is 12.6. The molecule has 1 N–H and O–H groups in total. The highest BCUT2D eigenvalue weighted by Gasteiger charge is 2.29. The molecule has 2 aromatic rings. The number of ether oxygens (including phenoxy) is 2. The zero-order chi connectivity index (χ0) is 24.5. The quantitative estimate of drug-likeness (QED) is 0.566. The van der Waals surface area contributed by atoms with Crippen molar-refractivity contribution >= 4 is 17.8 Å². The maximum Gasteiger partial charge on any atom is 0.338 e. The number of likely N-dealkylation sites (tertiary alicyclic amines) is 1. The molecular weight excluding hydrogens is 432 g/mol. The van der Waals surface area contributed by atoms with Gasteiger partial charge in [-0.3, -0.25) is 9.59 Å². The molecular formula is C27H34N2O5. The van der Waals surface area contributed by atoms with Crippen molar-refractivity contribution in [2.45, 2.75) is 58.0 Å². The van der Waals surface area contributed by atoms with Gasteiger partial charge in [0.25, 0.3) is 11.8 Å². The van der Waals surface area contributed by atoms with Gasteiger partial charge in [-0.25, -0.2) is 4.79 Å². The Bertz CT molecular complexity index is 951. The van der Waals surface area contributed by atoms with E-state index in [4.69, 9.17) is 9.47 Å². The Kier molecular flexibility index (Phi) is 9.08. The third-order valence-corrected chi connectivity index (χ3v) is 6.24. The lowest BCUT2D eigenvalue weighted by molar-refractivity contribution is -0.139. The minimum atomic E-state index is -0.593. The van der Waals surface area contributed by atoms with Gasteiger partial charge in [0.05, 0.1) is 5.56 Å². The van der Waals surface area contributed by atoms with Gasteiger partial charge in [-0.2, -0.15) is 0 Å². The number of hydrogen-bond donors (Lipinski definition) is 1. The van der Waals surface area contributed by atoms with E-state index in [1.54, 1.807) is 24.3 Å². The standard InChI is InChI=1S/C27H34N2O5/c1-19(22-10-5-4-6-11-22)16-28-25(30)17-34-27(32)23-12-14-24(15-13-23)33-18-26(31)29-20(2)8-7-9-21(29)3/h4-6,10-15,19-21H,7-9,16-18H2,1-3H3,(H,28,30). The Morgan fingerprint density at radius 2 is 1.62 bits per heavy atom. The van der Waals surface area contributed by atoms with E-state index in [1.807, 2.05) is 42.2 Å². The van der Waals surface area contributed by atoms with E-state index in [-0.39, 0.29) is 43.0 Å². The molecule has 3 rings (SSSR count). The lowest BCUT2D eigenvalue weighted by Gasteiger charge is -2.38. The summed E-state index contributed by atoms with van der Waals surface area (Å²) < 4.78 is 10.8. The number of nitrogens with one attached hydrogen (secondary N) is 1. The van der Waals surface area contributed by atoms with E-state index >= 15 is 0 Å². The van der Waals surface area contributed by atoms with Crippen LogP contribution < -0.4 is 10.1 Å². The fourth-order valence-corrected chi connectivity index (χ4v) is 4.25. The van der Waals surface area contributed by atoms with Crippen LogP contribution in [0.2, 0.25) is 0 Å². The molecule has 1 aliphatic heterocycles. The molecule has 7 heteroatoms. The second-order valence-corrected chi connectivity index (χ2v) is 8.93. The van der Waals surface area contributed by atoms with Crippen LogP contribution in [0.4, 0.5) is 0 Å². The van der Waals surface area contributed by atoms with Crippen LogP contribution in [0, 0.1) is 0 Å². The fraction of sp³-hybridized carbons (Fsp3) is 0.444. The number of benzene rings is 2. The molecule has 0 aromatic heterocycles. The molecule has 0 aliphatic carbocycles. The molecule has 2 amide bonds. The largest absolute Gasteiger partial charge is 0.484 e. The van der Waals surface area contributed by atoms with Gasteiger partial charge in [0.2, 0.25) is 0 Å². The Balaban J connectivity index is 1.40. The van der Waals surface area contributed by atoms with Crippen molar-refractivity contribution in [2.75, 3.05) is 19.8 Å². The second kappa shape index (κ2) is 12.2. The van der Waals surface area contributed by atoms with Gasteiger partial charge < -0.3 is 19.7 Å². The normalized spacial score (nSPS) is 18.6. The molecule has 0 radical (unpaired) electrons. The van der Waals surface area contributed by atoms with Crippen LogP contribution in [0.5, 0.6) is 5.75 Å². The first-order valence-electron chi connectivity index (χ1n) is 11.9. The van der Waals surface area contributed by atoms with Crippen LogP contribution in [0.3, 0.4) is 0 Å². The smallest absolute Gasteiger partial charge is 0.338 e. The van der Waals surface area contributed by atoms with Gasteiger partial charge >= 0.3 is 5.97 Å². The highest BCUT2D eigenvalue weighted by molar-refractivity contribution is 5.91. The molecule has 0 bridgehead atoms. The van der Waals surface area contributed by atoms with E-state index in [9.17, 15) is 14.4 Å². The van der Waals surface area contributed by atoms with Crippen LogP contribution in [0.25, 0.3) is 0 Å². The number of carbonyl (C=O) groups is 3. The van der Waals surface area contributed by atoms with Crippen molar-refractivity contribution in [3.05, 3.63) is 65.7 Å². The SMILES string of the molecule is CC(CNC(=O)COC(=O)c1ccc(OCC(=O)N2C(C)CCCC2C)cc1)c1ccccc1. The molecule has 0 saturated carbocycles. The lowest BCUT2D eigenvalue weighted by Crippen LogP contribution is -2.49. The van der Waals surface area contributed by atoms with Crippen LogP contribution >= 0.6 is 0 Å². The number of esters is 1. The van der Waals surface area contributed by atoms with E-state index in [0.717, 1.165) is 24.8 Å². The van der Waals surface area contributed by atoms with Gasteiger partial charge in [0.15, 0.2) is 13.2 Å². The number of rotatable bonds is 9. The molecule has 34 heavy (non-hydrogen) atoms. The summed E-state index contributed by atoms with van der Waals surface area (Å²) in [5.41, 5.74) is 1.44. The second-order valence-electron chi connectivity index (χ2n) is 8.93. The van der Waals surface area contributed by atoms with Gasteiger partial charge in [-0.1, -0.05) is 37.3 Å². The van der Waals surface area contributed by atoms with E-state index in [1.165, 1.54) is 0 Å². The molecule has 182 valence electrons. The minimum Gasteiger partial charge on any atom is -0.484 e. The molecule has 1 heterocycles. The Morgan fingerprint density at radius 1 is 0.971 bits per heavy atom. The topological polar surface area (TPSA) is 84.9 Å². The number of piperidine rings is 1. The predicted molar refractivity (Wildman–Crippen MR) is 130 cm³/mol. The number of nitrogens with zero attached hydrogens (tertiary/aromatic N) is 1. The van der Waals surface area contributed by atoms with Crippen molar-refractivity contribution in [3.8, 4) is 5.75 Å². The fourth-order valence-electron chi connectivity index (χ4n) is 4.25. The maximum atomic E-state index is 12.6. The number of amides is 2. The first-order valence-corrected chi connectivity index (χ1v) is 11.9. The Hall–Kier alpha value is -3.35. The average Bonchev–Trinajstić information content (AvgIpc) is 2.85. The third-order valence-electron chi connectivity index (χ3n) is 6.24. The molecule has 0 spiro atoms. The first kappa shape index (κ1) is 25.3. The summed E-state index contributed by atoms with van der Waals surface area (Å²) in [5.74, 6) is -0.326. The monoisotopic (exact) mass is 466 g/mol. The Labute approximate surface area is 201 Å². The minimum absolute atomic E-state index is 0.0317. The average molecular weight is 467 g/mol. The molecule has 2 aromatic carbocycles. The third kappa shape index (κ3) is 7.07. The van der Waals surface area contributed by atoms with Gasteiger partial charge in [-0.15, -0.1) is 0 Å². The van der Waals surface area contributed by atoms with Crippen LogP contribution in [0.15, 0.2) is 54.6 Å². The van der Waals surface area contributed by atoms with Crippen molar-refractivity contribution in [3.63, 3.8) is 0 Å². The van der Waals surface area contributed by atoms with Crippen LogP contribution in [0.1, 0.15) is 61.9 Å². The van der Waals surface area contributed by atoms with Gasteiger partial charge in [0.1, 0.15) is 5.75 Å². The van der Waals surface area contributed by atoms with E-state index in [2.05, 4.69) is 19.2 Å². The summed E-state index contributed by atoms with van der Waals surface area (Å²) >= 11 is 0.